The molecule has 0 saturated heterocycles. The molecule has 1 heterocycles. The van der Waals surface area contributed by atoms with Gasteiger partial charge in [-0.3, -0.25) is 9.59 Å². The van der Waals surface area contributed by atoms with Crippen LogP contribution in [0.25, 0.3) is 11.3 Å². The zero-order valence-corrected chi connectivity index (χ0v) is 16.3. The molecular formula is C22H21ClN2O3. The molecule has 0 atom stereocenters. The molecule has 0 aliphatic rings. The number of furan rings is 1. The van der Waals surface area contributed by atoms with E-state index < -0.39 is 0 Å². The number of benzene rings is 2. The van der Waals surface area contributed by atoms with E-state index in [1.165, 1.54) is 0 Å². The molecule has 3 aromatic rings. The molecule has 0 radical (unpaired) electrons. The van der Waals surface area contributed by atoms with Crippen LogP contribution in [0.5, 0.6) is 0 Å². The zero-order valence-electron chi connectivity index (χ0n) is 15.5. The predicted molar refractivity (Wildman–Crippen MR) is 112 cm³/mol. The topological polar surface area (TPSA) is 71.3 Å². The Morgan fingerprint density at radius 3 is 2.46 bits per heavy atom. The predicted octanol–water partition coefficient (Wildman–Crippen LogP) is 5.98. The maximum atomic E-state index is 12.5. The van der Waals surface area contributed by atoms with Gasteiger partial charge in [0.05, 0.1) is 0 Å². The Balaban J connectivity index is 1.67. The van der Waals surface area contributed by atoms with Crippen LogP contribution in [-0.4, -0.2) is 11.8 Å². The summed E-state index contributed by atoms with van der Waals surface area (Å²) in [5.74, 6) is 0.335. The highest BCUT2D eigenvalue weighted by molar-refractivity contribution is 6.30. The van der Waals surface area contributed by atoms with E-state index in [9.17, 15) is 9.59 Å². The summed E-state index contributed by atoms with van der Waals surface area (Å²) >= 11 is 6.00. The van der Waals surface area contributed by atoms with Crippen molar-refractivity contribution in [3.8, 4) is 11.3 Å². The normalized spacial score (nSPS) is 10.5. The van der Waals surface area contributed by atoms with Crippen LogP contribution in [0.3, 0.4) is 0 Å². The largest absolute Gasteiger partial charge is 0.451 e. The number of hydrogen-bond donors (Lipinski definition) is 2. The molecule has 2 amide bonds. The number of halogens is 1. The van der Waals surface area contributed by atoms with Gasteiger partial charge in [0.2, 0.25) is 5.91 Å². The van der Waals surface area contributed by atoms with Gasteiger partial charge in [-0.25, -0.2) is 0 Å². The molecule has 0 aliphatic heterocycles. The summed E-state index contributed by atoms with van der Waals surface area (Å²) in [6.07, 6.45) is 2.28. The van der Waals surface area contributed by atoms with Crippen molar-refractivity contribution in [3.63, 3.8) is 0 Å². The molecule has 6 heteroatoms. The van der Waals surface area contributed by atoms with Crippen molar-refractivity contribution >= 4 is 34.8 Å². The number of anilines is 2. The molecule has 3 rings (SSSR count). The number of carbonyl (C=O) groups is 2. The summed E-state index contributed by atoms with van der Waals surface area (Å²) in [6.45, 7) is 2.04. The van der Waals surface area contributed by atoms with E-state index in [-0.39, 0.29) is 17.6 Å². The van der Waals surface area contributed by atoms with Crippen molar-refractivity contribution in [2.24, 2.45) is 0 Å². The van der Waals surface area contributed by atoms with Crippen LogP contribution in [-0.2, 0) is 4.79 Å². The first kappa shape index (κ1) is 19.7. The fourth-order valence-electron chi connectivity index (χ4n) is 2.69. The fraction of sp³-hybridized carbons (Fsp3) is 0.182. The first-order valence-electron chi connectivity index (χ1n) is 9.12. The van der Waals surface area contributed by atoms with Crippen LogP contribution >= 0.6 is 11.6 Å². The zero-order chi connectivity index (χ0) is 19.9. The molecule has 0 aliphatic carbocycles. The van der Waals surface area contributed by atoms with Gasteiger partial charge in [-0.15, -0.1) is 0 Å². The van der Waals surface area contributed by atoms with Crippen LogP contribution in [0.4, 0.5) is 11.4 Å². The number of unbranched alkanes of at least 4 members (excludes halogenated alkanes) is 1. The van der Waals surface area contributed by atoms with Gasteiger partial charge in [0.25, 0.3) is 5.91 Å². The minimum absolute atomic E-state index is 0.0393. The van der Waals surface area contributed by atoms with Gasteiger partial charge in [-0.2, -0.15) is 0 Å². The summed E-state index contributed by atoms with van der Waals surface area (Å²) < 4.78 is 5.66. The number of carbonyl (C=O) groups excluding carboxylic acids is 2. The minimum atomic E-state index is -0.372. The maximum Gasteiger partial charge on any atom is 0.291 e. The molecule has 5 nitrogen and oxygen atoms in total. The number of hydrogen-bond acceptors (Lipinski definition) is 3. The van der Waals surface area contributed by atoms with E-state index in [2.05, 4.69) is 10.6 Å². The second kappa shape index (κ2) is 9.24. The van der Waals surface area contributed by atoms with Crippen LogP contribution in [0, 0.1) is 0 Å². The third-order valence-electron chi connectivity index (χ3n) is 4.10. The van der Waals surface area contributed by atoms with Crippen LogP contribution in [0.1, 0.15) is 36.7 Å². The molecule has 0 spiro atoms. The fourth-order valence-corrected chi connectivity index (χ4v) is 2.88. The van der Waals surface area contributed by atoms with Gasteiger partial charge in [-0.1, -0.05) is 43.1 Å². The molecule has 144 valence electrons. The summed E-state index contributed by atoms with van der Waals surface area (Å²) in [5.41, 5.74) is 2.00. The van der Waals surface area contributed by atoms with Crippen molar-refractivity contribution in [1.29, 1.82) is 0 Å². The summed E-state index contributed by atoms with van der Waals surface area (Å²) in [4.78, 5) is 24.3. The lowest BCUT2D eigenvalue weighted by atomic mass is 10.2. The molecule has 28 heavy (non-hydrogen) atoms. The summed E-state index contributed by atoms with van der Waals surface area (Å²) in [5, 5.41) is 6.21. The average Bonchev–Trinajstić information content (AvgIpc) is 3.17. The summed E-state index contributed by atoms with van der Waals surface area (Å²) in [7, 11) is 0. The second-order valence-electron chi connectivity index (χ2n) is 6.36. The van der Waals surface area contributed by atoms with E-state index in [1.807, 2.05) is 19.1 Å². The molecule has 0 saturated carbocycles. The Kier molecular flexibility index (Phi) is 6.50. The van der Waals surface area contributed by atoms with Crippen molar-refractivity contribution in [2.45, 2.75) is 26.2 Å². The molecule has 2 N–H and O–H groups in total. The van der Waals surface area contributed by atoms with Crippen LogP contribution in [0.2, 0.25) is 5.02 Å². The Hall–Kier alpha value is -3.05. The van der Waals surface area contributed by atoms with Crippen LogP contribution in [0.15, 0.2) is 65.1 Å². The van der Waals surface area contributed by atoms with Gasteiger partial charge >= 0.3 is 0 Å². The Morgan fingerprint density at radius 2 is 1.71 bits per heavy atom. The van der Waals surface area contributed by atoms with Crippen LogP contribution < -0.4 is 10.6 Å². The van der Waals surface area contributed by atoms with E-state index in [1.54, 1.807) is 48.5 Å². The van der Waals surface area contributed by atoms with Crippen molar-refractivity contribution in [1.82, 2.24) is 0 Å². The van der Waals surface area contributed by atoms with Gasteiger partial charge in [-0.05, 0) is 48.9 Å². The molecular weight excluding hydrogens is 376 g/mol. The Morgan fingerprint density at radius 1 is 0.964 bits per heavy atom. The smallest absolute Gasteiger partial charge is 0.291 e. The van der Waals surface area contributed by atoms with Gasteiger partial charge < -0.3 is 15.1 Å². The highest BCUT2D eigenvalue weighted by Crippen LogP contribution is 2.25. The van der Waals surface area contributed by atoms with Crippen molar-refractivity contribution in [3.05, 3.63) is 71.4 Å². The van der Waals surface area contributed by atoms with Gasteiger partial charge in [0.1, 0.15) is 5.76 Å². The lowest BCUT2D eigenvalue weighted by molar-refractivity contribution is -0.116. The molecule has 0 fully saturated rings. The monoisotopic (exact) mass is 396 g/mol. The van der Waals surface area contributed by atoms with E-state index in [0.717, 1.165) is 18.4 Å². The average molecular weight is 397 g/mol. The highest BCUT2D eigenvalue weighted by atomic mass is 35.5. The van der Waals surface area contributed by atoms with Gasteiger partial charge in [0.15, 0.2) is 5.76 Å². The van der Waals surface area contributed by atoms with E-state index >= 15 is 0 Å². The third-order valence-corrected chi connectivity index (χ3v) is 4.34. The Bertz CT molecular complexity index is 981. The lowest BCUT2D eigenvalue weighted by Crippen LogP contribution is -2.13. The number of rotatable bonds is 7. The van der Waals surface area contributed by atoms with E-state index in [0.29, 0.717) is 28.6 Å². The molecule has 2 aromatic carbocycles. The first-order chi connectivity index (χ1) is 13.5. The molecule has 0 unspecified atom stereocenters. The molecule has 1 aromatic heterocycles. The third kappa shape index (κ3) is 5.24. The van der Waals surface area contributed by atoms with Crippen molar-refractivity contribution in [2.75, 3.05) is 10.6 Å². The lowest BCUT2D eigenvalue weighted by Gasteiger charge is -2.08. The van der Waals surface area contributed by atoms with Crippen molar-refractivity contribution < 1.29 is 14.0 Å². The minimum Gasteiger partial charge on any atom is -0.451 e. The number of amides is 2. The standard InChI is InChI=1S/C22H21ClN2O3/c1-2-3-10-21(26)24-17-8-5-9-18(14-17)25-22(27)20-12-11-19(28-20)15-6-4-7-16(23)13-15/h4-9,11-14H,2-3,10H2,1H3,(H,24,26)(H,25,27). The molecule has 0 bridgehead atoms. The van der Waals surface area contributed by atoms with Gasteiger partial charge in [0, 0.05) is 28.4 Å². The SMILES string of the molecule is CCCCC(=O)Nc1cccc(NC(=O)c2ccc(-c3cccc(Cl)c3)o2)c1. The number of nitrogens with one attached hydrogen (secondary N) is 2. The summed E-state index contributed by atoms with van der Waals surface area (Å²) in [6, 6.07) is 17.6. The quantitative estimate of drug-likeness (QED) is 0.516. The van der Waals surface area contributed by atoms with E-state index in [4.69, 9.17) is 16.0 Å². The maximum absolute atomic E-state index is 12.5. The highest BCUT2D eigenvalue weighted by Gasteiger charge is 2.13. The Labute approximate surface area is 168 Å². The second-order valence-corrected chi connectivity index (χ2v) is 6.80. The first-order valence-corrected chi connectivity index (χ1v) is 9.50.